The molecule has 0 unspecified atom stereocenters. The lowest BCUT2D eigenvalue weighted by Crippen LogP contribution is -2.35. The molecule has 7 heteroatoms. The van der Waals surface area contributed by atoms with E-state index in [1.54, 1.807) is 12.1 Å². The molecule has 0 amide bonds. The van der Waals surface area contributed by atoms with Crippen molar-refractivity contribution in [3.63, 3.8) is 0 Å². The molecule has 0 saturated heterocycles. The number of H-pyrrole nitrogens is 1. The van der Waals surface area contributed by atoms with Gasteiger partial charge in [-0.05, 0) is 49.9 Å². The molecule has 1 saturated carbocycles. The van der Waals surface area contributed by atoms with E-state index in [2.05, 4.69) is 9.97 Å². The first-order valence-corrected chi connectivity index (χ1v) is 10.1. The number of carbonyl (C=O) groups is 1. The van der Waals surface area contributed by atoms with Crippen molar-refractivity contribution in [3.8, 4) is 0 Å². The number of aromatic amines is 1. The molecule has 0 spiro atoms. The van der Waals surface area contributed by atoms with Crippen LogP contribution >= 0.6 is 11.3 Å². The van der Waals surface area contributed by atoms with Crippen LogP contribution in [0.15, 0.2) is 29.1 Å². The molecule has 0 bridgehead atoms. The number of aromatic nitrogens is 2. The smallest absolute Gasteiger partial charge is 0.317 e. The second kappa shape index (κ2) is 7.13. The van der Waals surface area contributed by atoms with E-state index in [0.29, 0.717) is 34.4 Å². The highest BCUT2D eigenvalue weighted by Crippen LogP contribution is 2.42. The first kappa shape index (κ1) is 18.8. The predicted octanol–water partition coefficient (Wildman–Crippen LogP) is 4.30. The van der Waals surface area contributed by atoms with Gasteiger partial charge in [-0.3, -0.25) is 9.59 Å². The van der Waals surface area contributed by atoms with Crippen LogP contribution in [-0.4, -0.2) is 15.9 Å². The number of esters is 1. The third-order valence-electron chi connectivity index (χ3n) is 5.65. The van der Waals surface area contributed by atoms with Crippen molar-refractivity contribution in [2.24, 2.45) is 0 Å². The van der Waals surface area contributed by atoms with E-state index in [1.165, 1.54) is 23.5 Å². The summed E-state index contributed by atoms with van der Waals surface area (Å²) in [5.41, 5.74) is 0.520. The van der Waals surface area contributed by atoms with Crippen molar-refractivity contribution in [3.05, 3.63) is 62.3 Å². The molecule has 1 fully saturated rings. The topological polar surface area (TPSA) is 72.0 Å². The Bertz CT molecular complexity index is 1110. The number of benzene rings is 1. The summed E-state index contributed by atoms with van der Waals surface area (Å²) < 4.78 is 19.3. The highest BCUT2D eigenvalue weighted by atomic mass is 32.1. The minimum atomic E-state index is -0.831. The maximum absolute atomic E-state index is 13.7. The van der Waals surface area contributed by atoms with Crippen molar-refractivity contribution in [2.75, 3.05) is 0 Å². The lowest BCUT2D eigenvalue weighted by Gasteiger charge is -2.27. The van der Waals surface area contributed by atoms with Crippen LogP contribution in [0.4, 0.5) is 4.39 Å². The number of hydrogen-bond acceptors (Lipinski definition) is 5. The maximum atomic E-state index is 13.7. The van der Waals surface area contributed by atoms with Gasteiger partial charge in [0, 0.05) is 4.88 Å². The Morgan fingerprint density at radius 1 is 1.32 bits per heavy atom. The van der Waals surface area contributed by atoms with Crippen LogP contribution in [0, 0.1) is 19.7 Å². The molecule has 146 valence electrons. The van der Waals surface area contributed by atoms with Crippen LogP contribution in [-0.2, 0) is 21.6 Å². The molecule has 2 heterocycles. The Balaban J connectivity index is 1.59. The normalized spacial score (nSPS) is 15.8. The molecule has 1 N–H and O–H groups in total. The third-order valence-corrected chi connectivity index (χ3v) is 6.75. The van der Waals surface area contributed by atoms with E-state index in [4.69, 9.17) is 4.74 Å². The van der Waals surface area contributed by atoms with Gasteiger partial charge in [-0.15, -0.1) is 11.3 Å². The summed E-state index contributed by atoms with van der Waals surface area (Å²) in [5, 5.41) is 0.588. The lowest BCUT2D eigenvalue weighted by atomic mass is 9.79. The number of hydrogen-bond donors (Lipinski definition) is 1. The van der Waals surface area contributed by atoms with E-state index >= 15 is 0 Å². The van der Waals surface area contributed by atoms with Gasteiger partial charge in [-0.25, -0.2) is 9.37 Å². The zero-order valence-electron chi connectivity index (χ0n) is 15.8. The maximum Gasteiger partial charge on any atom is 0.317 e. The number of fused-ring (bicyclic) bond motifs is 1. The van der Waals surface area contributed by atoms with Gasteiger partial charge in [0.1, 0.15) is 23.1 Å². The Morgan fingerprint density at radius 2 is 2.07 bits per heavy atom. The molecule has 3 aromatic rings. The quantitative estimate of drug-likeness (QED) is 0.663. The molecular formula is C21H21FN2O3S. The molecular weight excluding hydrogens is 379 g/mol. The Morgan fingerprint density at radius 3 is 2.79 bits per heavy atom. The zero-order valence-corrected chi connectivity index (χ0v) is 16.6. The minimum absolute atomic E-state index is 0.114. The number of halogens is 1. The summed E-state index contributed by atoms with van der Waals surface area (Å²) in [6, 6.07) is 6.17. The molecule has 4 rings (SSSR count). The van der Waals surface area contributed by atoms with E-state index in [1.807, 2.05) is 13.8 Å². The summed E-state index contributed by atoms with van der Waals surface area (Å²) in [7, 11) is 0. The lowest BCUT2D eigenvalue weighted by molar-refractivity contribution is -0.152. The summed E-state index contributed by atoms with van der Waals surface area (Å²) in [4.78, 5) is 34.2. The number of carbonyl (C=O) groups excluding carboxylic acids is 1. The molecule has 0 aliphatic heterocycles. The van der Waals surface area contributed by atoms with Crippen molar-refractivity contribution < 1.29 is 13.9 Å². The van der Waals surface area contributed by atoms with Crippen LogP contribution < -0.4 is 5.56 Å². The summed E-state index contributed by atoms with van der Waals surface area (Å²) >= 11 is 1.45. The molecule has 5 nitrogen and oxygen atoms in total. The monoisotopic (exact) mass is 400 g/mol. The second-order valence-corrected chi connectivity index (χ2v) is 8.55. The fraction of sp³-hybridized carbons (Fsp3) is 0.381. The average molecular weight is 400 g/mol. The average Bonchev–Trinajstić information content (AvgIpc) is 3.26. The Labute approximate surface area is 165 Å². The fourth-order valence-corrected chi connectivity index (χ4v) is 5.06. The largest absolute Gasteiger partial charge is 0.457 e. The molecule has 0 radical (unpaired) electrons. The third kappa shape index (κ3) is 3.13. The van der Waals surface area contributed by atoms with Crippen LogP contribution in [0.2, 0.25) is 0 Å². The molecule has 2 aromatic heterocycles. The standard InChI is InChI=1S/C21H21FN2O3S/c1-12-13(2)28-19-17(12)18(25)23-16(24-19)11-27-20(26)21(8-3-4-9-21)14-6-5-7-15(22)10-14/h5-7,10H,3-4,8-9,11H2,1-2H3,(H,23,24,25). The molecule has 1 aliphatic rings. The minimum Gasteiger partial charge on any atom is -0.457 e. The van der Waals surface area contributed by atoms with Crippen molar-refractivity contribution >= 4 is 27.5 Å². The first-order chi connectivity index (χ1) is 13.4. The fourth-order valence-electron chi connectivity index (χ4n) is 4.02. The SMILES string of the molecule is Cc1sc2nc(COC(=O)C3(c4cccc(F)c4)CCCC3)[nH]c(=O)c2c1C. The van der Waals surface area contributed by atoms with Gasteiger partial charge in [-0.1, -0.05) is 25.0 Å². The Kier molecular flexibility index (Phi) is 4.79. The van der Waals surface area contributed by atoms with Crippen LogP contribution in [0.3, 0.4) is 0 Å². The number of nitrogens with zero attached hydrogens (tertiary/aromatic N) is 1. The zero-order chi connectivity index (χ0) is 19.9. The number of rotatable bonds is 4. The van der Waals surface area contributed by atoms with Crippen LogP contribution in [0.25, 0.3) is 10.2 Å². The summed E-state index contributed by atoms with van der Waals surface area (Å²) in [6.07, 6.45) is 3.03. The van der Waals surface area contributed by atoms with Gasteiger partial charge in [0.25, 0.3) is 5.56 Å². The Hall–Kier alpha value is -2.54. The molecule has 1 aliphatic carbocycles. The molecule has 1 aromatic carbocycles. The molecule has 28 heavy (non-hydrogen) atoms. The number of aryl methyl sites for hydroxylation is 2. The van der Waals surface area contributed by atoms with Crippen molar-refractivity contribution in [2.45, 2.75) is 51.6 Å². The van der Waals surface area contributed by atoms with E-state index in [0.717, 1.165) is 23.3 Å². The first-order valence-electron chi connectivity index (χ1n) is 9.33. The summed E-state index contributed by atoms with van der Waals surface area (Å²) in [5.74, 6) is -0.437. The van der Waals surface area contributed by atoms with Crippen molar-refractivity contribution in [1.29, 1.82) is 0 Å². The van der Waals surface area contributed by atoms with Crippen molar-refractivity contribution in [1.82, 2.24) is 9.97 Å². The van der Waals surface area contributed by atoms with Crippen LogP contribution in [0.1, 0.15) is 47.5 Å². The van der Waals surface area contributed by atoms with Crippen LogP contribution in [0.5, 0.6) is 0 Å². The van der Waals surface area contributed by atoms with Gasteiger partial charge < -0.3 is 9.72 Å². The van der Waals surface area contributed by atoms with Gasteiger partial charge in [0.15, 0.2) is 0 Å². The van der Waals surface area contributed by atoms with E-state index in [-0.39, 0.29) is 18.0 Å². The van der Waals surface area contributed by atoms with Gasteiger partial charge >= 0.3 is 5.97 Å². The highest BCUT2D eigenvalue weighted by molar-refractivity contribution is 7.18. The van der Waals surface area contributed by atoms with Gasteiger partial charge in [-0.2, -0.15) is 0 Å². The van der Waals surface area contributed by atoms with Gasteiger partial charge in [0.2, 0.25) is 0 Å². The van der Waals surface area contributed by atoms with E-state index in [9.17, 15) is 14.0 Å². The number of ether oxygens (including phenoxy) is 1. The predicted molar refractivity (Wildman–Crippen MR) is 106 cm³/mol. The highest BCUT2D eigenvalue weighted by Gasteiger charge is 2.44. The summed E-state index contributed by atoms with van der Waals surface area (Å²) in [6.45, 7) is 3.73. The number of nitrogens with one attached hydrogen (secondary N) is 1. The van der Waals surface area contributed by atoms with Gasteiger partial charge in [0.05, 0.1) is 10.8 Å². The van der Waals surface area contributed by atoms with E-state index < -0.39 is 11.4 Å². The second-order valence-electron chi connectivity index (χ2n) is 7.35. The number of thiophene rings is 1. The molecule has 0 atom stereocenters.